The van der Waals surface area contributed by atoms with Crippen molar-refractivity contribution in [2.75, 3.05) is 14.2 Å². The number of benzene rings is 2. The summed E-state index contributed by atoms with van der Waals surface area (Å²) in [4.78, 5) is 11.6. The summed E-state index contributed by atoms with van der Waals surface area (Å²) < 4.78 is 15.2. The zero-order valence-corrected chi connectivity index (χ0v) is 15.7. The van der Waals surface area contributed by atoms with E-state index < -0.39 is 20.3 Å². The van der Waals surface area contributed by atoms with Gasteiger partial charge in [-0.1, -0.05) is 37.7 Å². The van der Waals surface area contributed by atoms with Gasteiger partial charge in [0.1, 0.15) is 13.8 Å². The molecule has 0 spiro atoms. The molecule has 0 fully saturated rings. The summed E-state index contributed by atoms with van der Waals surface area (Å²) in [5, 5.41) is 2.07. The zero-order chi connectivity index (χ0) is 17.7. The highest BCUT2D eigenvalue weighted by Crippen LogP contribution is 2.23. The standard InChI is InChI=1S/C19H22O4Si/c1-21-18(20)19(22-2)23-17-9-8-15-7-6-14(12-16(15)13-17)10-11-24(3,4)5/h6-9,12-13,19H,1-5H3. The highest BCUT2D eigenvalue weighted by molar-refractivity contribution is 6.83. The van der Waals surface area contributed by atoms with Crippen molar-refractivity contribution in [1.82, 2.24) is 0 Å². The molecule has 0 heterocycles. The lowest BCUT2D eigenvalue weighted by Crippen LogP contribution is -2.30. The van der Waals surface area contributed by atoms with Crippen molar-refractivity contribution in [1.29, 1.82) is 0 Å². The van der Waals surface area contributed by atoms with Gasteiger partial charge >= 0.3 is 5.97 Å². The number of hydrogen-bond donors (Lipinski definition) is 0. The number of ether oxygens (including phenoxy) is 3. The Balaban J connectivity index is 2.31. The molecule has 2 aromatic rings. The van der Waals surface area contributed by atoms with E-state index in [1.54, 1.807) is 6.07 Å². The van der Waals surface area contributed by atoms with Gasteiger partial charge in [-0.2, -0.15) is 0 Å². The topological polar surface area (TPSA) is 44.8 Å². The minimum Gasteiger partial charge on any atom is -0.464 e. The van der Waals surface area contributed by atoms with Crippen LogP contribution in [0.1, 0.15) is 5.56 Å². The highest BCUT2D eigenvalue weighted by atomic mass is 28.3. The number of carbonyl (C=O) groups excluding carboxylic acids is 1. The lowest BCUT2D eigenvalue weighted by atomic mass is 10.1. The van der Waals surface area contributed by atoms with E-state index in [0.717, 1.165) is 16.3 Å². The Morgan fingerprint density at radius 3 is 2.38 bits per heavy atom. The zero-order valence-electron chi connectivity index (χ0n) is 14.7. The van der Waals surface area contributed by atoms with Gasteiger partial charge in [-0.15, -0.1) is 5.54 Å². The number of esters is 1. The molecule has 0 aromatic heterocycles. The third kappa shape index (κ3) is 4.85. The molecule has 5 heteroatoms. The Morgan fingerprint density at radius 1 is 1.04 bits per heavy atom. The van der Waals surface area contributed by atoms with Gasteiger partial charge in [-0.25, -0.2) is 4.79 Å². The largest absolute Gasteiger partial charge is 0.464 e. The van der Waals surface area contributed by atoms with Crippen molar-refractivity contribution in [2.45, 2.75) is 25.9 Å². The molecule has 0 aliphatic heterocycles. The maximum absolute atomic E-state index is 11.6. The van der Waals surface area contributed by atoms with Crippen molar-refractivity contribution in [3.63, 3.8) is 0 Å². The molecule has 1 atom stereocenters. The normalized spacial score (nSPS) is 12.2. The van der Waals surface area contributed by atoms with Gasteiger partial charge in [0, 0.05) is 12.7 Å². The summed E-state index contributed by atoms with van der Waals surface area (Å²) >= 11 is 0. The number of carbonyl (C=O) groups is 1. The van der Waals surface area contributed by atoms with E-state index in [4.69, 9.17) is 9.47 Å². The molecule has 126 valence electrons. The molecule has 24 heavy (non-hydrogen) atoms. The molecule has 0 N–H and O–H groups in total. The molecule has 1 unspecified atom stereocenters. The van der Waals surface area contributed by atoms with Crippen LogP contribution in [0.2, 0.25) is 19.6 Å². The van der Waals surface area contributed by atoms with Crippen LogP contribution in [0, 0.1) is 11.5 Å². The van der Waals surface area contributed by atoms with Gasteiger partial charge in [0.2, 0.25) is 0 Å². The van der Waals surface area contributed by atoms with Crippen LogP contribution in [-0.2, 0) is 14.3 Å². The lowest BCUT2D eigenvalue weighted by molar-refractivity contribution is -0.170. The van der Waals surface area contributed by atoms with E-state index in [1.165, 1.54) is 14.2 Å². The summed E-state index contributed by atoms with van der Waals surface area (Å²) in [7, 11) is 1.27. The van der Waals surface area contributed by atoms with Gasteiger partial charge in [-0.3, -0.25) is 0 Å². The molecular formula is C19H22O4Si. The average Bonchev–Trinajstić information content (AvgIpc) is 2.56. The maximum Gasteiger partial charge on any atom is 0.376 e. The Hall–Kier alpha value is -2.29. The van der Waals surface area contributed by atoms with Crippen molar-refractivity contribution in [3.05, 3.63) is 42.0 Å². The van der Waals surface area contributed by atoms with Crippen molar-refractivity contribution in [2.24, 2.45) is 0 Å². The summed E-state index contributed by atoms with van der Waals surface area (Å²) in [6.45, 7) is 6.64. The fourth-order valence-corrected chi connectivity index (χ4v) is 2.57. The van der Waals surface area contributed by atoms with Crippen LogP contribution in [0.15, 0.2) is 36.4 Å². The van der Waals surface area contributed by atoms with Crippen LogP contribution >= 0.6 is 0 Å². The second-order valence-electron chi connectivity index (χ2n) is 6.43. The molecule has 0 radical (unpaired) electrons. The second-order valence-corrected chi connectivity index (χ2v) is 11.2. The van der Waals surface area contributed by atoms with E-state index in [-0.39, 0.29) is 0 Å². The first-order valence-electron chi connectivity index (χ1n) is 7.67. The van der Waals surface area contributed by atoms with E-state index in [9.17, 15) is 4.79 Å². The average molecular weight is 342 g/mol. The number of fused-ring (bicyclic) bond motifs is 1. The molecule has 0 saturated heterocycles. The summed E-state index contributed by atoms with van der Waals surface area (Å²) in [5.74, 6) is 3.21. The van der Waals surface area contributed by atoms with Gasteiger partial charge in [0.25, 0.3) is 6.29 Å². The quantitative estimate of drug-likeness (QED) is 0.369. The first kappa shape index (κ1) is 18.1. The summed E-state index contributed by atoms with van der Waals surface area (Å²) in [5.41, 5.74) is 4.33. The predicted octanol–water partition coefficient (Wildman–Crippen LogP) is 3.59. The van der Waals surface area contributed by atoms with Gasteiger partial charge in [0.15, 0.2) is 0 Å². The van der Waals surface area contributed by atoms with E-state index in [2.05, 4.69) is 35.8 Å². The molecule has 0 aliphatic rings. The highest BCUT2D eigenvalue weighted by Gasteiger charge is 2.20. The van der Waals surface area contributed by atoms with Crippen LogP contribution < -0.4 is 4.74 Å². The van der Waals surface area contributed by atoms with Crippen molar-refractivity contribution in [3.8, 4) is 17.2 Å². The Bertz CT molecular complexity index is 796. The van der Waals surface area contributed by atoms with Gasteiger partial charge in [-0.05, 0) is 35.0 Å². The summed E-state index contributed by atoms with van der Waals surface area (Å²) in [6.07, 6.45) is -1.08. The van der Waals surface area contributed by atoms with E-state index in [0.29, 0.717) is 5.75 Å². The van der Waals surface area contributed by atoms with Crippen LogP contribution in [0.4, 0.5) is 0 Å². The molecule has 0 saturated carbocycles. The minimum absolute atomic E-state index is 0.537. The van der Waals surface area contributed by atoms with Gasteiger partial charge in [0.05, 0.1) is 7.11 Å². The number of rotatable bonds is 4. The van der Waals surface area contributed by atoms with E-state index >= 15 is 0 Å². The van der Waals surface area contributed by atoms with Crippen LogP contribution in [0.25, 0.3) is 10.8 Å². The molecule has 0 aliphatic carbocycles. The third-order valence-electron chi connectivity index (χ3n) is 3.24. The first-order chi connectivity index (χ1) is 11.3. The molecule has 0 bridgehead atoms. The molecule has 0 amide bonds. The fraction of sp³-hybridized carbons (Fsp3) is 0.316. The molecule has 2 aromatic carbocycles. The third-order valence-corrected chi connectivity index (χ3v) is 4.12. The lowest BCUT2D eigenvalue weighted by Gasteiger charge is -2.15. The van der Waals surface area contributed by atoms with Crippen molar-refractivity contribution >= 4 is 24.8 Å². The van der Waals surface area contributed by atoms with Crippen LogP contribution in [0.3, 0.4) is 0 Å². The Morgan fingerprint density at radius 2 is 1.75 bits per heavy atom. The number of methoxy groups -OCH3 is 2. The predicted molar refractivity (Wildman–Crippen MR) is 97.6 cm³/mol. The maximum atomic E-state index is 11.6. The SMILES string of the molecule is COC(=O)C(OC)Oc1ccc2ccc(C#C[Si](C)(C)C)cc2c1. The van der Waals surface area contributed by atoms with Crippen LogP contribution in [-0.4, -0.2) is 34.6 Å². The monoisotopic (exact) mass is 342 g/mol. The molecule has 2 rings (SSSR count). The van der Waals surface area contributed by atoms with Crippen LogP contribution in [0.5, 0.6) is 5.75 Å². The minimum atomic E-state index is -1.42. The number of hydrogen-bond acceptors (Lipinski definition) is 4. The van der Waals surface area contributed by atoms with Crippen molar-refractivity contribution < 1.29 is 19.0 Å². The molecule has 4 nitrogen and oxygen atoms in total. The smallest absolute Gasteiger partial charge is 0.376 e. The Kier molecular flexibility index (Phi) is 5.65. The van der Waals surface area contributed by atoms with Gasteiger partial charge < -0.3 is 14.2 Å². The summed E-state index contributed by atoms with van der Waals surface area (Å²) in [6, 6.07) is 11.7. The second kappa shape index (κ2) is 7.52. The fourth-order valence-electron chi connectivity index (χ4n) is 2.05. The first-order valence-corrected chi connectivity index (χ1v) is 11.2. The Labute approximate surface area is 143 Å². The van der Waals surface area contributed by atoms with E-state index in [1.807, 2.05) is 30.3 Å². The molecular weight excluding hydrogens is 320 g/mol.